The summed E-state index contributed by atoms with van der Waals surface area (Å²) in [7, 11) is 0. The van der Waals surface area contributed by atoms with E-state index in [1.165, 1.54) is 0 Å². The summed E-state index contributed by atoms with van der Waals surface area (Å²) in [6.07, 6.45) is 0. The second-order valence-corrected chi connectivity index (χ2v) is 3.22. The van der Waals surface area contributed by atoms with E-state index >= 15 is 0 Å². The van der Waals surface area contributed by atoms with Gasteiger partial charge in [-0.25, -0.2) is 0 Å². The lowest BCUT2D eigenvalue weighted by atomic mass is 10.1. The van der Waals surface area contributed by atoms with Crippen molar-refractivity contribution in [2.24, 2.45) is 11.8 Å². The highest BCUT2D eigenvalue weighted by atomic mass is 16.3. The van der Waals surface area contributed by atoms with Crippen LogP contribution in [0.1, 0.15) is 20.8 Å². The summed E-state index contributed by atoms with van der Waals surface area (Å²) >= 11 is 0. The lowest BCUT2D eigenvalue weighted by molar-refractivity contribution is -0.125. The average Bonchev–Trinajstić information content (AvgIpc) is 1.98. The van der Waals surface area contributed by atoms with E-state index in [0.717, 1.165) is 0 Å². The van der Waals surface area contributed by atoms with E-state index in [0.29, 0.717) is 12.5 Å². The largest absolute Gasteiger partial charge is 0.396 e. The minimum atomic E-state index is -0.284. The van der Waals surface area contributed by atoms with Crippen LogP contribution in [0.4, 0.5) is 0 Å². The highest BCUT2D eigenvalue weighted by Crippen LogP contribution is 1.93. The van der Waals surface area contributed by atoms with Crippen molar-refractivity contribution in [2.75, 3.05) is 13.2 Å². The number of aliphatic hydroxyl groups excluding tert-OH is 1. The summed E-state index contributed by atoms with van der Waals surface area (Å²) in [6.45, 7) is 6.37. The summed E-state index contributed by atoms with van der Waals surface area (Å²) < 4.78 is 0. The first-order chi connectivity index (χ1) is 5.07. The first-order valence-electron chi connectivity index (χ1n) is 3.96. The maximum Gasteiger partial charge on any atom is 0.225 e. The predicted molar refractivity (Wildman–Crippen MR) is 44.1 cm³/mol. The van der Waals surface area contributed by atoms with Crippen LogP contribution in [0.25, 0.3) is 0 Å². The fraction of sp³-hybridized carbons (Fsp3) is 0.875. The predicted octanol–water partition coefficient (Wildman–Crippen LogP) is 0.387. The molecule has 0 aromatic carbocycles. The lowest BCUT2D eigenvalue weighted by Gasteiger charge is -2.10. The number of aliphatic hydroxyl groups is 1. The maximum atomic E-state index is 11.0. The molecule has 2 N–H and O–H groups in total. The van der Waals surface area contributed by atoms with E-state index < -0.39 is 0 Å². The summed E-state index contributed by atoms with van der Waals surface area (Å²) in [5.74, 6) is 0.111. The van der Waals surface area contributed by atoms with Gasteiger partial charge in [0.15, 0.2) is 0 Å². The van der Waals surface area contributed by atoms with Crippen LogP contribution < -0.4 is 5.32 Å². The third kappa shape index (κ3) is 4.79. The molecule has 0 fully saturated rings. The van der Waals surface area contributed by atoms with Crippen LogP contribution in [0.5, 0.6) is 0 Å². The molecule has 3 heteroatoms. The Morgan fingerprint density at radius 1 is 1.45 bits per heavy atom. The summed E-state index contributed by atoms with van der Waals surface area (Å²) in [4.78, 5) is 11.0. The first kappa shape index (κ1) is 10.4. The van der Waals surface area contributed by atoms with E-state index in [4.69, 9.17) is 5.11 Å². The minimum absolute atomic E-state index is 0.0683. The third-order valence-electron chi connectivity index (χ3n) is 1.41. The Morgan fingerprint density at radius 2 is 2.00 bits per heavy atom. The average molecular weight is 159 g/mol. The zero-order valence-electron chi connectivity index (χ0n) is 7.42. The van der Waals surface area contributed by atoms with Gasteiger partial charge in [-0.2, -0.15) is 0 Å². The molecule has 0 aliphatic heterocycles. The van der Waals surface area contributed by atoms with Gasteiger partial charge in [0.05, 0.1) is 12.5 Å². The number of amides is 1. The van der Waals surface area contributed by atoms with E-state index in [1.54, 1.807) is 6.92 Å². The van der Waals surface area contributed by atoms with Gasteiger partial charge in [-0.15, -0.1) is 0 Å². The fourth-order valence-electron chi connectivity index (χ4n) is 0.562. The van der Waals surface area contributed by atoms with Crippen LogP contribution in [0, 0.1) is 11.8 Å². The molecule has 3 nitrogen and oxygen atoms in total. The molecule has 0 heterocycles. The van der Waals surface area contributed by atoms with Gasteiger partial charge in [0.1, 0.15) is 0 Å². The van der Waals surface area contributed by atoms with Crippen LogP contribution in [-0.2, 0) is 4.79 Å². The molecular formula is C8H17NO2. The SMILES string of the molecule is CC(C)CNC(=O)[C@H](C)CO. The quantitative estimate of drug-likeness (QED) is 0.623. The zero-order chi connectivity index (χ0) is 8.85. The van der Waals surface area contributed by atoms with Crippen molar-refractivity contribution in [2.45, 2.75) is 20.8 Å². The van der Waals surface area contributed by atoms with Crippen molar-refractivity contribution in [3.05, 3.63) is 0 Å². The molecule has 0 bridgehead atoms. The van der Waals surface area contributed by atoms with E-state index in [9.17, 15) is 4.79 Å². The molecule has 0 spiro atoms. The normalized spacial score (nSPS) is 13.2. The molecule has 1 amide bonds. The monoisotopic (exact) mass is 159 g/mol. The third-order valence-corrected chi connectivity index (χ3v) is 1.41. The molecule has 0 aromatic heterocycles. The zero-order valence-corrected chi connectivity index (χ0v) is 7.42. The summed E-state index contributed by atoms with van der Waals surface area (Å²) in [5, 5.41) is 11.3. The van der Waals surface area contributed by atoms with Crippen molar-refractivity contribution < 1.29 is 9.90 Å². The molecule has 0 unspecified atom stereocenters. The lowest BCUT2D eigenvalue weighted by Crippen LogP contribution is -2.33. The number of rotatable bonds is 4. The molecule has 1 atom stereocenters. The van der Waals surface area contributed by atoms with Gasteiger partial charge in [-0.1, -0.05) is 20.8 Å². The Kier molecular flexibility index (Phi) is 4.86. The number of hydrogen-bond acceptors (Lipinski definition) is 2. The van der Waals surface area contributed by atoms with Crippen molar-refractivity contribution >= 4 is 5.91 Å². The van der Waals surface area contributed by atoms with E-state index in [2.05, 4.69) is 5.32 Å². The van der Waals surface area contributed by atoms with Crippen LogP contribution in [-0.4, -0.2) is 24.2 Å². The molecule has 0 rings (SSSR count). The van der Waals surface area contributed by atoms with Crippen LogP contribution >= 0.6 is 0 Å². The van der Waals surface area contributed by atoms with Gasteiger partial charge in [-0.05, 0) is 5.92 Å². The number of hydrogen-bond donors (Lipinski definition) is 2. The molecule has 0 saturated carbocycles. The molecule has 11 heavy (non-hydrogen) atoms. The molecule has 0 aliphatic carbocycles. The number of nitrogens with one attached hydrogen (secondary N) is 1. The van der Waals surface area contributed by atoms with Crippen molar-refractivity contribution in [1.29, 1.82) is 0 Å². The van der Waals surface area contributed by atoms with Gasteiger partial charge in [0, 0.05) is 6.54 Å². The van der Waals surface area contributed by atoms with Gasteiger partial charge in [-0.3, -0.25) is 4.79 Å². The molecule has 0 saturated heterocycles. The van der Waals surface area contributed by atoms with Crippen molar-refractivity contribution in [3.8, 4) is 0 Å². The molecule has 66 valence electrons. The Morgan fingerprint density at radius 3 is 2.36 bits per heavy atom. The molecular weight excluding hydrogens is 142 g/mol. The smallest absolute Gasteiger partial charge is 0.225 e. The Bertz CT molecular complexity index is 123. The molecule has 0 aliphatic rings. The Balaban J connectivity index is 3.52. The fourth-order valence-corrected chi connectivity index (χ4v) is 0.562. The Hall–Kier alpha value is -0.570. The van der Waals surface area contributed by atoms with Gasteiger partial charge in [0.2, 0.25) is 5.91 Å². The van der Waals surface area contributed by atoms with Crippen molar-refractivity contribution in [3.63, 3.8) is 0 Å². The van der Waals surface area contributed by atoms with Gasteiger partial charge < -0.3 is 10.4 Å². The van der Waals surface area contributed by atoms with Crippen LogP contribution in [0.3, 0.4) is 0 Å². The van der Waals surface area contributed by atoms with E-state index in [1.807, 2.05) is 13.8 Å². The van der Waals surface area contributed by atoms with Crippen LogP contribution in [0.15, 0.2) is 0 Å². The second-order valence-electron chi connectivity index (χ2n) is 3.22. The Labute approximate surface area is 67.8 Å². The van der Waals surface area contributed by atoms with Crippen molar-refractivity contribution in [1.82, 2.24) is 5.32 Å². The summed E-state index contributed by atoms with van der Waals surface area (Å²) in [5.41, 5.74) is 0. The van der Waals surface area contributed by atoms with Gasteiger partial charge in [0.25, 0.3) is 0 Å². The van der Waals surface area contributed by atoms with E-state index in [-0.39, 0.29) is 18.4 Å². The number of carbonyl (C=O) groups is 1. The molecule has 0 aromatic rings. The molecule has 0 radical (unpaired) electrons. The first-order valence-corrected chi connectivity index (χ1v) is 3.96. The highest BCUT2D eigenvalue weighted by molar-refractivity contribution is 5.78. The summed E-state index contributed by atoms with van der Waals surface area (Å²) in [6, 6.07) is 0. The standard InChI is InChI=1S/C8H17NO2/c1-6(2)4-9-8(11)7(3)5-10/h6-7,10H,4-5H2,1-3H3,(H,9,11)/t7-/m1/s1. The minimum Gasteiger partial charge on any atom is -0.396 e. The maximum absolute atomic E-state index is 11.0. The van der Waals surface area contributed by atoms with Crippen LogP contribution in [0.2, 0.25) is 0 Å². The highest BCUT2D eigenvalue weighted by Gasteiger charge is 2.10. The topological polar surface area (TPSA) is 49.3 Å². The second kappa shape index (κ2) is 5.13. The number of carbonyl (C=O) groups excluding carboxylic acids is 1. The van der Waals surface area contributed by atoms with Gasteiger partial charge >= 0.3 is 0 Å².